The Morgan fingerprint density at radius 1 is 1.15 bits per heavy atom. The number of carbonyl (C=O) groups excluding carboxylic acids is 1. The zero-order valence-corrected chi connectivity index (χ0v) is 15.0. The summed E-state index contributed by atoms with van der Waals surface area (Å²) in [7, 11) is 0. The van der Waals surface area contributed by atoms with Crippen LogP contribution < -0.4 is 10.6 Å². The van der Waals surface area contributed by atoms with Gasteiger partial charge in [-0.2, -0.15) is 0 Å². The maximum Gasteiger partial charge on any atom is 0.226 e. The molecule has 134 valence electrons. The quantitative estimate of drug-likeness (QED) is 0.639. The SMILES string of the molecule is O=C(Cc1csc(Nc2cccc(Cl)c2)n1)NCc1c(F)cccc1F. The highest BCUT2D eigenvalue weighted by Gasteiger charge is 2.12. The molecule has 1 amide bonds. The number of thiazole rings is 1. The highest BCUT2D eigenvalue weighted by molar-refractivity contribution is 7.13. The first-order chi connectivity index (χ1) is 12.5. The average Bonchev–Trinajstić information content (AvgIpc) is 3.01. The summed E-state index contributed by atoms with van der Waals surface area (Å²) in [5.41, 5.74) is 1.19. The number of rotatable bonds is 6. The van der Waals surface area contributed by atoms with Crippen LogP contribution in [0, 0.1) is 11.6 Å². The molecule has 1 heterocycles. The van der Waals surface area contributed by atoms with Crippen molar-refractivity contribution >= 4 is 39.7 Å². The Morgan fingerprint density at radius 2 is 1.88 bits per heavy atom. The van der Waals surface area contributed by atoms with E-state index in [2.05, 4.69) is 15.6 Å². The Balaban J connectivity index is 1.56. The Hall–Kier alpha value is -2.51. The van der Waals surface area contributed by atoms with E-state index in [0.717, 1.165) is 17.8 Å². The molecule has 0 aliphatic heterocycles. The van der Waals surface area contributed by atoms with Crippen LogP contribution in [0.1, 0.15) is 11.3 Å². The molecule has 0 saturated heterocycles. The lowest BCUT2D eigenvalue weighted by Gasteiger charge is -2.06. The fourth-order valence-electron chi connectivity index (χ4n) is 2.25. The van der Waals surface area contributed by atoms with Gasteiger partial charge in [-0.1, -0.05) is 23.7 Å². The van der Waals surface area contributed by atoms with E-state index in [0.29, 0.717) is 15.8 Å². The lowest BCUT2D eigenvalue weighted by molar-refractivity contribution is -0.120. The highest BCUT2D eigenvalue weighted by atomic mass is 35.5. The Labute approximate surface area is 157 Å². The van der Waals surface area contributed by atoms with Crippen molar-refractivity contribution < 1.29 is 13.6 Å². The van der Waals surface area contributed by atoms with E-state index in [1.165, 1.54) is 17.4 Å². The van der Waals surface area contributed by atoms with E-state index in [9.17, 15) is 13.6 Å². The van der Waals surface area contributed by atoms with Gasteiger partial charge in [0.05, 0.1) is 12.1 Å². The Bertz CT molecular complexity index is 912. The minimum atomic E-state index is -0.688. The van der Waals surface area contributed by atoms with Crippen LogP contribution >= 0.6 is 22.9 Å². The van der Waals surface area contributed by atoms with Gasteiger partial charge in [0.15, 0.2) is 5.13 Å². The summed E-state index contributed by atoms with van der Waals surface area (Å²) >= 11 is 7.28. The van der Waals surface area contributed by atoms with Crippen molar-refractivity contribution in [3.05, 3.63) is 75.8 Å². The summed E-state index contributed by atoms with van der Waals surface area (Å²) in [5, 5.41) is 8.58. The summed E-state index contributed by atoms with van der Waals surface area (Å²) in [4.78, 5) is 16.3. The molecule has 26 heavy (non-hydrogen) atoms. The standard InChI is InChI=1S/C18H14ClF2N3OS/c19-11-3-1-4-12(7-11)23-18-24-13(10-26-18)8-17(25)22-9-14-15(20)5-2-6-16(14)21/h1-7,10H,8-9H2,(H,22,25)(H,23,24). The van der Waals surface area contributed by atoms with Crippen LogP contribution in [-0.2, 0) is 17.8 Å². The molecule has 0 fully saturated rings. The van der Waals surface area contributed by atoms with Crippen molar-refractivity contribution in [2.45, 2.75) is 13.0 Å². The number of nitrogens with zero attached hydrogens (tertiary/aromatic N) is 1. The number of anilines is 2. The molecule has 3 rings (SSSR count). The monoisotopic (exact) mass is 393 g/mol. The molecular formula is C18H14ClF2N3OS. The van der Waals surface area contributed by atoms with Gasteiger partial charge in [-0.3, -0.25) is 4.79 Å². The van der Waals surface area contributed by atoms with Gasteiger partial charge >= 0.3 is 0 Å². The molecule has 0 unspecified atom stereocenters. The molecular weight excluding hydrogens is 380 g/mol. The van der Waals surface area contributed by atoms with Gasteiger partial charge in [0, 0.05) is 28.2 Å². The third-order valence-corrected chi connectivity index (χ3v) is 4.53. The zero-order chi connectivity index (χ0) is 18.5. The lowest BCUT2D eigenvalue weighted by Crippen LogP contribution is -2.25. The molecule has 3 aromatic rings. The molecule has 0 saturated carbocycles. The van der Waals surface area contributed by atoms with Crippen molar-refractivity contribution in [1.29, 1.82) is 0 Å². The third-order valence-electron chi connectivity index (χ3n) is 3.49. The number of carbonyl (C=O) groups is 1. The first kappa shape index (κ1) is 18.3. The van der Waals surface area contributed by atoms with Gasteiger partial charge in [-0.25, -0.2) is 13.8 Å². The van der Waals surface area contributed by atoms with Gasteiger partial charge in [0.1, 0.15) is 11.6 Å². The Morgan fingerprint density at radius 3 is 2.62 bits per heavy atom. The van der Waals surface area contributed by atoms with Crippen molar-refractivity contribution in [3.63, 3.8) is 0 Å². The second-order valence-corrected chi connectivity index (χ2v) is 6.73. The zero-order valence-electron chi connectivity index (χ0n) is 13.4. The largest absolute Gasteiger partial charge is 0.351 e. The van der Waals surface area contributed by atoms with Gasteiger partial charge in [0.25, 0.3) is 0 Å². The van der Waals surface area contributed by atoms with Gasteiger partial charge in [-0.15, -0.1) is 11.3 Å². The minimum Gasteiger partial charge on any atom is -0.351 e. The van der Waals surface area contributed by atoms with Crippen molar-refractivity contribution in [2.24, 2.45) is 0 Å². The number of halogens is 3. The van der Waals surface area contributed by atoms with Crippen molar-refractivity contribution in [3.8, 4) is 0 Å². The van der Waals surface area contributed by atoms with Crippen LogP contribution in [0.2, 0.25) is 5.02 Å². The smallest absolute Gasteiger partial charge is 0.226 e. The van der Waals surface area contributed by atoms with Crippen LogP contribution in [0.5, 0.6) is 0 Å². The van der Waals surface area contributed by atoms with Crippen LogP contribution in [0.25, 0.3) is 0 Å². The fraction of sp³-hybridized carbons (Fsp3) is 0.111. The molecule has 0 atom stereocenters. The van der Waals surface area contributed by atoms with E-state index in [4.69, 9.17) is 11.6 Å². The summed E-state index contributed by atoms with van der Waals surface area (Å²) in [5.74, 6) is -1.74. The molecule has 4 nitrogen and oxygen atoms in total. The second kappa shape index (κ2) is 8.25. The molecule has 0 bridgehead atoms. The number of benzene rings is 2. The molecule has 2 aromatic carbocycles. The highest BCUT2D eigenvalue weighted by Crippen LogP contribution is 2.23. The minimum absolute atomic E-state index is 0.0177. The van der Waals surface area contributed by atoms with E-state index in [1.54, 1.807) is 17.5 Å². The number of hydrogen-bond donors (Lipinski definition) is 2. The van der Waals surface area contributed by atoms with E-state index in [-0.39, 0.29) is 24.4 Å². The van der Waals surface area contributed by atoms with E-state index >= 15 is 0 Å². The number of amides is 1. The van der Waals surface area contributed by atoms with Crippen molar-refractivity contribution in [2.75, 3.05) is 5.32 Å². The first-order valence-corrected chi connectivity index (χ1v) is 8.93. The topological polar surface area (TPSA) is 54.0 Å². The summed E-state index contributed by atoms with van der Waals surface area (Å²) < 4.78 is 27.1. The molecule has 0 spiro atoms. The van der Waals surface area contributed by atoms with E-state index < -0.39 is 11.6 Å². The van der Waals surface area contributed by atoms with Crippen LogP contribution in [0.4, 0.5) is 19.6 Å². The van der Waals surface area contributed by atoms with Gasteiger partial charge in [-0.05, 0) is 30.3 Å². The molecule has 0 aliphatic carbocycles. The summed E-state index contributed by atoms with van der Waals surface area (Å²) in [6.07, 6.45) is 0.0177. The number of nitrogens with one attached hydrogen (secondary N) is 2. The summed E-state index contributed by atoms with van der Waals surface area (Å²) in [6, 6.07) is 10.8. The van der Waals surface area contributed by atoms with Crippen molar-refractivity contribution in [1.82, 2.24) is 10.3 Å². The molecule has 0 radical (unpaired) electrons. The number of aromatic nitrogens is 1. The normalized spacial score (nSPS) is 10.6. The maximum absolute atomic E-state index is 13.5. The first-order valence-electron chi connectivity index (χ1n) is 7.68. The maximum atomic E-state index is 13.5. The fourth-order valence-corrected chi connectivity index (χ4v) is 3.17. The average molecular weight is 394 g/mol. The van der Waals surface area contributed by atoms with Gasteiger partial charge in [0.2, 0.25) is 5.91 Å². The predicted octanol–water partition coefficient (Wildman–Crippen LogP) is 4.68. The summed E-state index contributed by atoms with van der Waals surface area (Å²) in [6.45, 7) is -0.213. The lowest BCUT2D eigenvalue weighted by atomic mass is 10.2. The van der Waals surface area contributed by atoms with E-state index in [1.807, 2.05) is 12.1 Å². The molecule has 1 aromatic heterocycles. The molecule has 2 N–H and O–H groups in total. The third kappa shape index (κ3) is 4.77. The van der Waals surface area contributed by atoms with Crippen LogP contribution in [0.15, 0.2) is 47.8 Å². The number of hydrogen-bond acceptors (Lipinski definition) is 4. The molecule has 0 aliphatic rings. The predicted molar refractivity (Wildman–Crippen MR) is 98.8 cm³/mol. The van der Waals surface area contributed by atoms with Crippen LogP contribution in [0.3, 0.4) is 0 Å². The van der Waals surface area contributed by atoms with Crippen LogP contribution in [-0.4, -0.2) is 10.9 Å². The molecule has 8 heteroatoms. The second-order valence-electron chi connectivity index (χ2n) is 5.43. The van der Waals surface area contributed by atoms with Gasteiger partial charge < -0.3 is 10.6 Å². The Kier molecular flexibility index (Phi) is 5.80.